The number of thioether (sulfide) groups is 1. The second-order valence-corrected chi connectivity index (χ2v) is 10.8. The number of rotatable bonds is 10. The number of nitrogens with zero attached hydrogens (tertiary/aromatic N) is 1. The first-order chi connectivity index (χ1) is 18.3. The molecule has 0 fully saturated rings. The molecule has 8 nitrogen and oxygen atoms in total. The molecular weight excluding hydrogens is 529 g/mol. The highest BCUT2D eigenvalue weighted by Crippen LogP contribution is 2.26. The number of sulfonamides is 1. The molecule has 1 heterocycles. The largest absolute Gasteiger partial charge is 0.467 e. The lowest BCUT2D eigenvalue weighted by atomic mass is 10.1. The van der Waals surface area contributed by atoms with Gasteiger partial charge in [0.15, 0.2) is 0 Å². The molecule has 1 aromatic heterocycles. The van der Waals surface area contributed by atoms with Crippen LogP contribution in [0.15, 0.2) is 105 Å². The van der Waals surface area contributed by atoms with E-state index in [0.29, 0.717) is 5.76 Å². The van der Waals surface area contributed by atoms with Crippen LogP contribution in [0.4, 0.5) is 15.8 Å². The van der Waals surface area contributed by atoms with Crippen LogP contribution in [0.1, 0.15) is 16.1 Å². The third kappa shape index (κ3) is 6.42. The lowest BCUT2D eigenvalue weighted by Crippen LogP contribution is -2.38. The lowest BCUT2D eigenvalue weighted by molar-refractivity contribution is -0.114. The minimum absolute atomic E-state index is 0.0152. The molecule has 0 aliphatic heterocycles. The molecule has 2 amide bonds. The molecule has 0 aliphatic carbocycles. The molecule has 0 unspecified atom stereocenters. The van der Waals surface area contributed by atoms with Crippen molar-refractivity contribution in [2.24, 2.45) is 0 Å². The number of benzene rings is 3. The van der Waals surface area contributed by atoms with Gasteiger partial charge in [-0.15, -0.1) is 11.8 Å². The first-order valence-electron chi connectivity index (χ1n) is 11.4. The summed E-state index contributed by atoms with van der Waals surface area (Å²) in [6, 6.07) is 20.9. The summed E-state index contributed by atoms with van der Waals surface area (Å²) in [5.41, 5.74) is 0.356. The molecule has 2 N–H and O–H groups in total. The van der Waals surface area contributed by atoms with E-state index in [1.807, 2.05) is 6.26 Å². The van der Waals surface area contributed by atoms with E-state index in [9.17, 15) is 22.4 Å². The van der Waals surface area contributed by atoms with Crippen molar-refractivity contribution >= 4 is 45.0 Å². The molecule has 4 rings (SSSR count). The Morgan fingerprint density at radius 3 is 2.42 bits per heavy atom. The number of hydrogen-bond acceptors (Lipinski definition) is 6. The number of carbonyl (C=O) groups excluding carboxylic acids is 2. The molecule has 0 saturated carbocycles. The Bertz CT molecular complexity index is 1520. The second kappa shape index (κ2) is 12.0. The van der Waals surface area contributed by atoms with Crippen LogP contribution >= 0.6 is 11.8 Å². The van der Waals surface area contributed by atoms with E-state index in [-0.39, 0.29) is 28.4 Å². The Morgan fingerprint density at radius 1 is 0.974 bits per heavy atom. The maximum absolute atomic E-state index is 14.0. The van der Waals surface area contributed by atoms with Crippen molar-refractivity contribution in [3.63, 3.8) is 0 Å². The van der Waals surface area contributed by atoms with E-state index >= 15 is 0 Å². The molecule has 0 radical (unpaired) electrons. The van der Waals surface area contributed by atoms with Gasteiger partial charge >= 0.3 is 0 Å². The van der Waals surface area contributed by atoms with Crippen LogP contribution in [0.3, 0.4) is 0 Å². The zero-order valence-electron chi connectivity index (χ0n) is 20.3. The van der Waals surface area contributed by atoms with Gasteiger partial charge in [0.2, 0.25) is 5.91 Å². The normalized spacial score (nSPS) is 11.1. The van der Waals surface area contributed by atoms with Gasteiger partial charge in [0.25, 0.3) is 15.9 Å². The van der Waals surface area contributed by atoms with Crippen LogP contribution in [0, 0.1) is 5.82 Å². The number of nitrogens with one attached hydrogen (secondary N) is 2. The molecule has 0 aliphatic rings. The molecule has 3 aromatic carbocycles. The minimum atomic E-state index is -4.24. The van der Waals surface area contributed by atoms with Gasteiger partial charge in [0.05, 0.1) is 34.6 Å². The standard InChI is InChI=1S/C27H24FN3O5S2/c1-37-22-11-13-23(14-12-22)38(34,35)31(20-7-4-6-19(28)16-20)18-26(32)30-25-10-3-2-9-24(25)27(33)29-17-21-8-5-15-36-21/h2-16H,17-18H2,1H3,(H,29,33)(H,30,32). The van der Waals surface area contributed by atoms with E-state index < -0.39 is 34.2 Å². The predicted molar refractivity (Wildman–Crippen MR) is 144 cm³/mol. The Hall–Kier alpha value is -4.09. The zero-order valence-corrected chi connectivity index (χ0v) is 21.9. The van der Waals surface area contributed by atoms with Gasteiger partial charge in [-0.1, -0.05) is 18.2 Å². The monoisotopic (exact) mass is 553 g/mol. The Morgan fingerprint density at radius 2 is 1.74 bits per heavy atom. The Kier molecular flexibility index (Phi) is 8.49. The van der Waals surface area contributed by atoms with Gasteiger partial charge < -0.3 is 15.1 Å². The maximum Gasteiger partial charge on any atom is 0.264 e. The topological polar surface area (TPSA) is 109 Å². The first kappa shape index (κ1) is 27.0. The van der Waals surface area contributed by atoms with E-state index in [0.717, 1.165) is 15.3 Å². The molecule has 4 aromatic rings. The molecule has 196 valence electrons. The van der Waals surface area contributed by atoms with Crippen molar-refractivity contribution in [1.29, 1.82) is 0 Å². The van der Waals surface area contributed by atoms with Crippen LogP contribution in [0.2, 0.25) is 0 Å². The fraction of sp³-hybridized carbons (Fsp3) is 0.111. The Balaban J connectivity index is 1.58. The summed E-state index contributed by atoms with van der Waals surface area (Å²) >= 11 is 1.45. The van der Waals surface area contributed by atoms with Crippen LogP contribution in [-0.4, -0.2) is 33.0 Å². The summed E-state index contributed by atoms with van der Waals surface area (Å²) in [6.07, 6.45) is 3.35. The number of hydrogen-bond donors (Lipinski definition) is 2. The summed E-state index contributed by atoms with van der Waals surface area (Å²) in [7, 11) is -4.24. The summed E-state index contributed by atoms with van der Waals surface area (Å²) in [6.45, 7) is -0.506. The number of para-hydroxylation sites is 1. The average molecular weight is 554 g/mol. The van der Waals surface area contributed by atoms with Gasteiger partial charge in [-0.3, -0.25) is 13.9 Å². The summed E-state index contributed by atoms with van der Waals surface area (Å²) in [5.74, 6) is -1.27. The summed E-state index contributed by atoms with van der Waals surface area (Å²) < 4.78 is 47.2. The van der Waals surface area contributed by atoms with Gasteiger partial charge in [-0.25, -0.2) is 12.8 Å². The van der Waals surface area contributed by atoms with Crippen molar-refractivity contribution in [1.82, 2.24) is 5.32 Å². The molecular formula is C27H24FN3O5S2. The number of anilines is 2. The molecule has 0 atom stereocenters. The number of furan rings is 1. The average Bonchev–Trinajstić information content (AvgIpc) is 3.44. The van der Waals surface area contributed by atoms with E-state index in [1.165, 1.54) is 60.5 Å². The van der Waals surface area contributed by atoms with E-state index in [1.54, 1.807) is 36.4 Å². The number of amides is 2. The van der Waals surface area contributed by atoms with Crippen molar-refractivity contribution in [2.45, 2.75) is 16.3 Å². The smallest absolute Gasteiger partial charge is 0.264 e. The molecule has 0 bridgehead atoms. The maximum atomic E-state index is 14.0. The number of carbonyl (C=O) groups is 2. The fourth-order valence-corrected chi connectivity index (χ4v) is 5.43. The zero-order chi connectivity index (χ0) is 27.1. The fourth-order valence-electron chi connectivity index (χ4n) is 3.61. The van der Waals surface area contributed by atoms with E-state index in [4.69, 9.17) is 4.42 Å². The summed E-state index contributed by atoms with van der Waals surface area (Å²) in [4.78, 5) is 26.7. The van der Waals surface area contributed by atoms with Gasteiger partial charge in [0.1, 0.15) is 18.1 Å². The highest BCUT2D eigenvalue weighted by molar-refractivity contribution is 7.98. The molecule has 0 saturated heterocycles. The third-order valence-electron chi connectivity index (χ3n) is 5.48. The van der Waals surface area contributed by atoms with Crippen molar-refractivity contribution in [3.8, 4) is 0 Å². The summed E-state index contributed by atoms with van der Waals surface area (Å²) in [5, 5.41) is 5.32. The van der Waals surface area contributed by atoms with Gasteiger partial charge in [-0.2, -0.15) is 0 Å². The van der Waals surface area contributed by atoms with Gasteiger partial charge in [-0.05, 0) is 73.0 Å². The SMILES string of the molecule is CSc1ccc(S(=O)(=O)N(CC(=O)Nc2ccccc2C(=O)NCc2ccco2)c2cccc(F)c2)cc1. The van der Waals surface area contributed by atoms with E-state index in [2.05, 4.69) is 10.6 Å². The highest BCUT2D eigenvalue weighted by Gasteiger charge is 2.28. The quantitative estimate of drug-likeness (QED) is 0.270. The van der Waals surface area contributed by atoms with Crippen molar-refractivity contribution in [3.05, 3.63) is 108 Å². The van der Waals surface area contributed by atoms with Gasteiger partial charge in [0, 0.05) is 4.90 Å². The molecule has 38 heavy (non-hydrogen) atoms. The van der Waals surface area contributed by atoms with Crippen LogP contribution in [0.25, 0.3) is 0 Å². The minimum Gasteiger partial charge on any atom is -0.467 e. The van der Waals surface area contributed by atoms with Crippen LogP contribution < -0.4 is 14.9 Å². The highest BCUT2D eigenvalue weighted by atomic mass is 32.2. The lowest BCUT2D eigenvalue weighted by Gasteiger charge is -2.24. The number of halogens is 1. The molecule has 0 spiro atoms. The van der Waals surface area contributed by atoms with Crippen molar-refractivity contribution < 1.29 is 26.8 Å². The van der Waals surface area contributed by atoms with Crippen molar-refractivity contribution in [2.75, 3.05) is 22.4 Å². The molecule has 11 heteroatoms. The Labute approximate surface area is 223 Å². The predicted octanol–water partition coefficient (Wildman–Crippen LogP) is 4.90. The van der Waals surface area contributed by atoms with Crippen LogP contribution in [0.5, 0.6) is 0 Å². The third-order valence-corrected chi connectivity index (χ3v) is 8.01. The first-order valence-corrected chi connectivity index (χ1v) is 14.1. The second-order valence-electron chi connectivity index (χ2n) is 8.02. The van der Waals surface area contributed by atoms with Crippen LogP contribution in [-0.2, 0) is 21.4 Å².